The Labute approximate surface area is 114 Å². The number of nitrogens with two attached hydrogens (primary N) is 1. The van der Waals surface area contributed by atoms with E-state index < -0.39 is 0 Å². The van der Waals surface area contributed by atoms with Crippen LogP contribution in [-0.4, -0.2) is 13.1 Å². The van der Waals surface area contributed by atoms with Gasteiger partial charge in [0, 0.05) is 31.2 Å². The summed E-state index contributed by atoms with van der Waals surface area (Å²) < 4.78 is 0. The summed E-state index contributed by atoms with van der Waals surface area (Å²) in [4.78, 5) is 2.47. The zero-order valence-electron chi connectivity index (χ0n) is 11.1. The highest BCUT2D eigenvalue weighted by molar-refractivity contribution is 5.50. The van der Waals surface area contributed by atoms with Gasteiger partial charge in [-0.2, -0.15) is 0 Å². The maximum Gasteiger partial charge on any atom is 0.0369 e. The maximum absolute atomic E-state index is 5.72. The lowest BCUT2D eigenvalue weighted by molar-refractivity contribution is 0.775. The van der Waals surface area contributed by atoms with Gasteiger partial charge in [0.2, 0.25) is 0 Å². The van der Waals surface area contributed by atoms with Crippen molar-refractivity contribution in [3.05, 3.63) is 65.7 Å². The van der Waals surface area contributed by atoms with E-state index in [9.17, 15) is 0 Å². The number of rotatable bonds is 3. The van der Waals surface area contributed by atoms with Gasteiger partial charge in [0.1, 0.15) is 0 Å². The Balaban J connectivity index is 1.75. The molecular weight excluding hydrogens is 232 g/mol. The molecule has 0 spiro atoms. The summed E-state index contributed by atoms with van der Waals surface area (Å²) in [5.74, 6) is 0.655. The molecule has 98 valence electrons. The van der Waals surface area contributed by atoms with Crippen LogP contribution in [0.25, 0.3) is 0 Å². The second kappa shape index (κ2) is 5.45. The summed E-state index contributed by atoms with van der Waals surface area (Å²) in [7, 11) is 0. The zero-order valence-corrected chi connectivity index (χ0v) is 11.1. The maximum atomic E-state index is 5.72. The Morgan fingerprint density at radius 2 is 1.89 bits per heavy atom. The first-order valence-electron chi connectivity index (χ1n) is 6.96. The first kappa shape index (κ1) is 12.2. The highest BCUT2D eigenvalue weighted by atomic mass is 15.1. The van der Waals surface area contributed by atoms with Crippen LogP contribution in [0.5, 0.6) is 0 Å². The molecule has 2 aromatic rings. The molecule has 1 fully saturated rings. The molecule has 0 saturated carbocycles. The van der Waals surface area contributed by atoms with E-state index in [1.165, 1.54) is 23.2 Å². The minimum Gasteiger partial charge on any atom is -0.371 e. The van der Waals surface area contributed by atoms with Gasteiger partial charge in [0.05, 0.1) is 0 Å². The molecule has 1 aliphatic heterocycles. The van der Waals surface area contributed by atoms with Gasteiger partial charge in [-0.1, -0.05) is 42.5 Å². The summed E-state index contributed by atoms with van der Waals surface area (Å²) in [6.07, 6.45) is 1.23. The van der Waals surface area contributed by atoms with Crippen LogP contribution in [-0.2, 0) is 6.54 Å². The lowest BCUT2D eigenvalue weighted by Crippen LogP contribution is -2.19. The van der Waals surface area contributed by atoms with E-state index in [0.717, 1.165) is 13.1 Å². The van der Waals surface area contributed by atoms with Crippen LogP contribution < -0.4 is 10.6 Å². The molecule has 1 saturated heterocycles. The summed E-state index contributed by atoms with van der Waals surface area (Å²) in [6.45, 7) is 2.86. The molecule has 2 heteroatoms. The van der Waals surface area contributed by atoms with Crippen molar-refractivity contribution in [2.45, 2.75) is 18.9 Å². The number of hydrogen-bond acceptors (Lipinski definition) is 2. The summed E-state index contributed by atoms with van der Waals surface area (Å²) in [6, 6.07) is 19.4. The third-order valence-corrected chi connectivity index (χ3v) is 3.97. The molecular formula is C17H20N2. The monoisotopic (exact) mass is 252 g/mol. The van der Waals surface area contributed by atoms with Gasteiger partial charge in [-0.15, -0.1) is 0 Å². The molecule has 0 radical (unpaired) electrons. The Morgan fingerprint density at radius 1 is 1.05 bits per heavy atom. The van der Waals surface area contributed by atoms with Gasteiger partial charge in [0.25, 0.3) is 0 Å². The fourth-order valence-corrected chi connectivity index (χ4v) is 2.87. The Bertz CT molecular complexity index is 536. The van der Waals surface area contributed by atoms with E-state index >= 15 is 0 Å². The molecule has 1 unspecified atom stereocenters. The first-order valence-corrected chi connectivity index (χ1v) is 6.96. The second-order valence-electron chi connectivity index (χ2n) is 5.22. The summed E-state index contributed by atoms with van der Waals surface area (Å²) in [5.41, 5.74) is 9.69. The second-order valence-corrected chi connectivity index (χ2v) is 5.22. The third kappa shape index (κ3) is 2.64. The number of anilines is 1. The standard InChI is InChI=1S/C17H20N2/c18-12-14-5-4-8-17(11-14)19-10-9-16(13-19)15-6-2-1-3-7-15/h1-8,11,16H,9-10,12-13,18H2. The van der Waals surface area contributed by atoms with Crippen molar-refractivity contribution in [2.75, 3.05) is 18.0 Å². The molecule has 0 aliphatic carbocycles. The van der Waals surface area contributed by atoms with Crippen molar-refractivity contribution in [1.29, 1.82) is 0 Å². The quantitative estimate of drug-likeness (QED) is 0.909. The fraction of sp³-hybridized carbons (Fsp3) is 0.294. The molecule has 2 N–H and O–H groups in total. The average molecular weight is 252 g/mol. The van der Waals surface area contributed by atoms with E-state index in [4.69, 9.17) is 5.73 Å². The van der Waals surface area contributed by atoms with E-state index in [0.29, 0.717) is 12.5 Å². The van der Waals surface area contributed by atoms with Crippen LogP contribution in [0.1, 0.15) is 23.5 Å². The lowest BCUT2D eigenvalue weighted by atomic mass is 9.99. The van der Waals surface area contributed by atoms with E-state index in [1.807, 2.05) is 0 Å². The number of nitrogens with zero attached hydrogens (tertiary/aromatic N) is 1. The largest absolute Gasteiger partial charge is 0.371 e. The van der Waals surface area contributed by atoms with Crippen molar-refractivity contribution < 1.29 is 0 Å². The Hall–Kier alpha value is -1.80. The predicted octanol–water partition coefficient (Wildman–Crippen LogP) is 3.14. The van der Waals surface area contributed by atoms with Crippen molar-refractivity contribution >= 4 is 5.69 Å². The highest BCUT2D eigenvalue weighted by Crippen LogP contribution is 2.30. The topological polar surface area (TPSA) is 29.3 Å². The smallest absolute Gasteiger partial charge is 0.0369 e. The predicted molar refractivity (Wildman–Crippen MR) is 80.3 cm³/mol. The van der Waals surface area contributed by atoms with E-state index in [1.54, 1.807) is 0 Å². The molecule has 1 aliphatic rings. The van der Waals surface area contributed by atoms with Gasteiger partial charge in [-0.3, -0.25) is 0 Å². The van der Waals surface area contributed by atoms with Gasteiger partial charge >= 0.3 is 0 Å². The molecule has 0 bridgehead atoms. The van der Waals surface area contributed by atoms with Crippen molar-refractivity contribution in [1.82, 2.24) is 0 Å². The Kier molecular flexibility index (Phi) is 3.51. The van der Waals surface area contributed by atoms with Gasteiger partial charge in [-0.05, 0) is 29.7 Å². The number of benzene rings is 2. The molecule has 3 rings (SSSR count). The molecule has 0 amide bonds. The van der Waals surface area contributed by atoms with Gasteiger partial charge in [0.15, 0.2) is 0 Å². The molecule has 2 aromatic carbocycles. The highest BCUT2D eigenvalue weighted by Gasteiger charge is 2.23. The van der Waals surface area contributed by atoms with Gasteiger partial charge in [-0.25, -0.2) is 0 Å². The fourth-order valence-electron chi connectivity index (χ4n) is 2.87. The third-order valence-electron chi connectivity index (χ3n) is 3.97. The molecule has 2 nitrogen and oxygen atoms in total. The van der Waals surface area contributed by atoms with Gasteiger partial charge < -0.3 is 10.6 Å². The minimum atomic E-state index is 0.615. The number of hydrogen-bond donors (Lipinski definition) is 1. The van der Waals surface area contributed by atoms with Crippen LogP contribution in [0, 0.1) is 0 Å². The first-order chi connectivity index (χ1) is 9.36. The SMILES string of the molecule is NCc1cccc(N2CCC(c3ccccc3)C2)c1. The summed E-state index contributed by atoms with van der Waals surface area (Å²) in [5, 5.41) is 0. The zero-order chi connectivity index (χ0) is 13.1. The van der Waals surface area contributed by atoms with Crippen LogP contribution in [0.15, 0.2) is 54.6 Å². The molecule has 1 atom stereocenters. The van der Waals surface area contributed by atoms with Crippen molar-refractivity contribution in [2.24, 2.45) is 5.73 Å². The van der Waals surface area contributed by atoms with Crippen LogP contribution in [0.2, 0.25) is 0 Å². The summed E-state index contributed by atoms with van der Waals surface area (Å²) >= 11 is 0. The molecule has 1 heterocycles. The minimum absolute atomic E-state index is 0.615. The lowest BCUT2D eigenvalue weighted by Gasteiger charge is -2.19. The Morgan fingerprint density at radius 3 is 2.68 bits per heavy atom. The molecule has 19 heavy (non-hydrogen) atoms. The average Bonchev–Trinajstić information content (AvgIpc) is 2.98. The van der Waals surface area contributed by atoms with Crippen LogP contribution >= 0.6 is 0 Å². The van der Waals surface area contributed by atoms with Crippen LogP contribution in [0.3, 0.4) is 0 Å². The van der Waals surface area contributed by atoms with Crippen molar-refractivity contribution in [3.63, 3.8) is 0 Å². The molecule has 0 aromatic heterocycles. The van der Waals surface area contributed by atoms with Crippen molar-refractivity contribution in [3.8, 4) is 0 Å². The normalized spacial score (nSPS) is 18.8. The van der Waals surface area contributed by atoms with E-state index in [-0.39, 0.29) is 0 Å². The van der Waals surface area contributed by atoms with Crippen LogP contribution in [0.4, 0.5) is 5.69 Å². The van der Waals surface area contributed by atoms with E-state index in [2.05, 4.69) is 59.5 Å².